The predicted molar refractivity (Wildman–Crippen MR) is 73.4 cm³/mol. The van der Waals surface area contributed by atoms with Crippen LogP contribution in [0.25, 0.3) is 0 Å². The Morgan fingerprint density at radius 3 is 2.47 bits per heavy atom. The van der Waals surface area contributed by atoms with E-state index in [2.05, 4.69) is 24.4 Å². The van der Waals surface area contributed by atoms with E-state index in [1.54, 1.807) is 0 Å². The average Bonchev–Trinajstić information content (AvgIpc) is 2.30. The Morgan fingerprint density at radius 1 is 1.29 bits per heavy atom. The molecule has 0 spiro atoms. The number of hydrogen-bond acceptors (Lipinski definition) is 2. The summed E-state index contributed by atoms with van der Waals surface area (Å²) in [4.78, 5) is 0. The molecule has 2 nitrogen and oxygen atoms in total. The maximum Gasteiger partial charge on any atom is 0.0512 e. The van der Waals surface area contributed by atoms with Crippen LogP contribution in [0.5, 0.6) is 0 Å². The molecule has 2 N–H and O–H groups in total. The van der Waals surface area contributed by atoms with Gasteiger partial charge in [-0.1, -0.05) is 30.7 Å². The second kappa shape index (κ2) is 7.70. The van der Waals surface area contributed by atoms with Crippen LogP contribution in [-0.2, 0) is 0 Å². The second-order valence-corrected chi connectivity index (χ2v) is 4.89. The molecule has 0 aliphatic heterocycles. The van der Waals surface area contributed by atoms with Gasteiger partial charge in [-0.05, 0) is 50.4 Å². The SMILES string of the molecule is CCC(NCCCC(C)O)c1ccc(Cl)cc1. The smallest absolute Gasteiger partial charge is 0.0512 e. The van der Waals surface area contributed by atoms with Crippen molar-refractivity contribution in [1.82, 2.24) is 5.32 Å². The third kappa shape index (κ3) is 5.53. The summed E-state index contributed by atoms with van der Waals surface area (Å²) in [6.45, 7) is 4.93. The molecular weight excluding hydrogens is 234 g/mol. The van der Waals surface area contributed by atoms with Crippen LogP contribution in [0.2, 0.25) is 5.02 Å². The molecule has 1 rings (SSSR count). The molecule has 1 aromatic carbocycles. The molecule has 1 aromatic rings. The fourth-order valence-corrected chi connectivity index (χ4v) is 1.99. The molecule has 0 aromatic heterocycles. The predicted octanol–water partition coefficient (Wildman–Crippen LogP) is 3.54. The van der Waals surface area contributed by atoms with Crippen molar-refractivity contribution in [2.75, 3.05) is 6.54 Å². The van der Waals surface area contributed by atoms with Crippen LogP contribution in [0.3, 0.4) is 0 Å². The molecule has 0 saturated heterocycles. The van der Waals surface area contributed by atoms with Crippen LogP contribution >= 0.6 is 11.6 Å². The summed E-state index contributed by atoms with van der Waals surface area (Å²) in [5.41, 5.74) is 1.27. The molecule has 0 aliphatic carbocycles. The van der Waals surface area contributed by atoms with Crippen molar-refractivity contribution in [2.45, 2.75) is 45.3 Å². The molecule has 3 heteroatoms. The summed E-state index contributed by atoms with van der Waals surface area (Å²) >= 11 is 5.87. The van der Waals surface area contributed by atoms with E-state index in [1.165, 1.54) is 5.56 Å². The van der Waals surface area contributed by atoms with Gasteiger partial charge in [-0.2, -0.15) is 0 Å². The molecule has 0 amide bonds. The zero-order valence-electron chi connectivity index (χ0n) is 10.6. The Hall–Kier alpha value is -0.570. The van der Waals surface area contributed by atoms with E-state index >= 15 is 0 Å². The molecule has 17 heavy (non-hydrogen) atoms. The van der Waals surface area contributed by atoms with Crippen molar-refractivity contribution in [3.63, 3.8) is 0 Å². The number of nitrogens with one attached hydrogen (secondary N) is 1. The fraction of sp³-hybridized carbons (Fsp3) is 0.571. The van der Waals surface area contributed by atoms with Gasteiger partial charge < -0.3 is 10.4 Å². The minimum atomic E-state index is -0.201. The Morgan fingerprint density at radius 2 is 1.94 bits per heavy atom. The molecule has 0 fully saturated rings. The van der Waals surface area contributed by atoms with E-state index < -0.39 is 0 Å². The summed E-state index contributed by atoms with van der Waals surface area (Å²) in [5.74, 6) is 0. The maximum atomic E-state index is 9.18. The highest BCUT2D eigenvalue weighted by Crippen LogP contribution is 2.19. The quantitative estimate of drug-likeness (QED) is 0.731. The molecule has 0 heterocycles. The van der Waals surface area contributed by atoms with Crippen LogP contribution in [0.4, 0.5) is 0 Å². The summed E-state index contributed by atoms with van der Waals surface area (Å²) in [6.07, 6.45) is 2.70. The van der Waals surface area contributed by atoms with E-state index in [9.17, 15) is 5.11 Å². The Bertz CT molecular complexity index is 311. The Kier molecular flexibility index (Phi) is 6.56. The fourth-order valence-electron chi connectivity index (χ4n) is 1.87. The Balaban J connectivity index is 2.40. The lowest BCUT2D eigenvalue weighted by molar-refractivity contribution is 0.181. The van der Waals surface area contributed by atoms with Crippen LogP contribution in [-0.4, -0.2) is 17.8 Å². The summed E-state index contributed by atoms with van der Waals surface area (Å²) < 4.78 is 0. The van der Waals surface area contributed by atoms with Crippen LogP contribution in [0, 0.1) is 0 Å². The van der Waals surface area contributed by atoms with Crippen molar-refractivity contribution in [3.8, 4) is 0 Å². The highest BCUT2D eigenvalue weighted by Gasteiger charge is 2.07. The second-order valence-electron chi connectivity index (χ2n) is 4.46. The number of aliphatic hydroxyl groups is 1. The first-order valence-electron chi connectivity index (χ1n) is 6.30. The molecule has 2 atom stereocenters. The van der Waals surface area contributed by atoms with Crippen molar-refractivity contribution in [2.24, 2.45) is 0 Å². The number of halogens is 1. The summed E-state index contributed by atoms with van der Waals surface area (Å²) in [7, 11) is 0. The Labute approximate surface area is 109 Å². The lowest BCUT2D eigenvalue weighted by Gasteiger charge is -2.17. The van der Waals surface area contributed by atoms with Crippen molar-refractivity contribution < 1.29 is 5.11 Å². The van der Waals surface area contributed by atoms with Gasteiger partial charge in [0.05, 0.1) is 6.10 Å². The molecular formula is C14H22ClNO. The first-order valence-corrected chi connectivity index (χ1v) is 6.68. The minimum Gasteiger partial charge on any atom is -0.393 e. The van der Waals surface area contributed by atoms with Gasteiger partial charge in [0.15, 0.2) is 0 Å². The van der Waals surface area contributed by atoms with E-state index in [1.807, 2.05) is 19.1 Å². The lowest BCUT2D eigenvalue weighted by Crippen LogP contribution is -2.22. The lowest BCUT2D eigenvalue weighted by atomic mass is 10.0. The molecule has 96 valence electrons. The molecule has 0 aliphatic rings. The van der Waals surface area contributed by atoms with E-state index in [4.69, 9.17) is 11.6 Å². The van der Waals surface area contributed by atoms with Crippen molar-refractivity contribution in [1.29, 1.82) is 0 Å². The first kappa shape index (κ1) is 14.5. The van der Waals surface area contributed by atoms with Crippen molar-refractivity contribution >= 4 is 11.6 Å². The van der Waals surface area contributed by atoms with E-state index in [0.717, 1.165) is 30.8 Å². The van der Waals surface area contributed by atoms with Gasteiger partial charge in [-0.25, -0.2) is 0 Å². The average molecular weight is 256 g/mol. The highest BCUT2D eigenvalue weighted by molar-refractivity contribution is 6.30. The summed E-state index contributed by atoms with van der Waals surface area (Å²) in [6, 6.07) is 8.37. The highest BCUT2D eigenvalue weighted by atomic mass is 35.5. The summed E-state index contributed by atoms with van der Waals surface area (Å²) in [5, 5.41) is 13.5. The van der Waals surface area contributed by atoms with Gasteiger partial charge in [0.1, 0.15) is 0 Å². The zero-order chi connectivity index (χ0) is 12.7. The largest absolute Gasteiger partial charge is 0.393 e. The standard InChI is InChI=1S/C14H22ClNO/c1-3-14(16-10-4-5-11(2)17)12-6-8-13(15)9-7-12/h6-9,11,14,16-17H,3-5,10H2,1-2H3. The van der Waals surface area contributed by atoms with E-state index in [-0.39, 0.29) is 6.10 Å². The van der Waals surface area contributed by atoms with Crippen LogP contribution in [0.1, 0.15) is 44.7 Å². The van der Waals surface area contributed by atoms with Gasteiger partial charge in [0.2, 0.25) is 0 Å². The minimum absolute atomic E-state index is 0.201. The van der Waals surface area contributed by atoms with Crippen molar-refractivity contribution in [3.05, 3.63) is 34.9 Å². The van der Waals surface area contributed by atoms with Gasteiger partial charge in [0.25, 0.3) is 0 Å². The van der Waals surface area contributed by atoms with Gasteiger partial charge in [-0.3, -0.25) is 0 Å². The monoisotopic (exact) mass is 255 g/mol. The molecule has 0 radical (unpaired) electrons. The zero-order valence-corrected chi connectivity index (χ0v) is 11.4. The number of benzene rings is 1. The maximum absolute atomic E-state index is 9.18. The third-order valence-corrected chi connectivity index (χ3v) is 3.12. The van der Waals surface area contributed by atoms with E-state index in [0.29, 0.717) is 6.04 Å². The first-order chi connectivity index (χ1) is 8.13. The van der Waals surface area contributed by atoms with Gasteiger partial charge in [0, 0.05) is 11.1 Å². The van der Waals surface area contributed by atoms with Crippen LogP contribution in [0.15, 0.2) is 24.3 Å². The number of hydrogen-bond donors (Lipinski definition) is 2. The van der Waals surface area contributed by atoms with Gasteiger partial charge in [-0.15, -0.1) is 0 Å². The third-order valence-electron chi connectivity index (χ3n) is 2.87. The topological polar surface area (TPSA) is 32.3 Å². The number of rotatable bonds is 7. The number of aliphatic hydroxyl groups excluding tert-OH is 1. The molecule has 0 saturated carbocycles. The molecule has 0 bridgehead atoms. The van der Waals surface area contributed by atoms with Crippen LogP contribution < -0.4 is 5.32 Å². The normalized spacial score (nSPS) is 14.6. The van der Waals surface area contributed by atoms with Gasteiger partial charge >= 0.3 is 0 Å². The molecule has 2 unspecified atom stereocenters.